The third-order valence-corrected chi connectivity index (χ3v) is 7.69. The molecular formula is C19H20ClN3O4S2. The van der Waals surface area contributed by atoms with Gasteiger partial charge in [0, 0.05) is 23.9 Å². The van der Waals surface area contributed by atoms with Gasteiger partial charge in [-0.1, -0.05) is 35.9 Å². The van der Waals surface area contributed by atoms with Gasteiger partial charge >= 0.3 is 0 Å². The van der Waals surface area contributed by atoms with Gasteiger partial charge in [0.25, 0.3) is 5.91 Å². The van der Waals surface area contributed by atoms with Crippen LogP contribution in [0.5, 0.6) is 0 Å². The molecule has 0 saturated heterocycles. The molecule has 154 valence electrons. The molecule has 2 aromatic heterocycles. The van der Waals surface area contributed by atoms with Crippen LogP contribution in [-0.4, -0.2) is 49.4 Å². The van der Waals surface area contributed by atoms with E-state index in [9.17, 15) is 13.2 Å². The lowest BCUT2D eigenvalue weighted by atomic mass is 10.0. The maximum absolute atomic E-state index is 12.8. The van der Waals surface area contributed by atoms with E-state index in [4.69, 9.17) is 16.7 Å². The fourth-order valence-corrected chi connectivity index (χ4v) is 6.32. The van der Waals surface area contributed by atoms with Crippen LogP contribution in [0.3, 0.4) is 0 Å². The first-order valence-electron chi connectivity index (χ1n) is 9.11. The molecule has 1 amide bonds. The third kappa shape index (κ3) is 4.34. The van der Waals surface area contributed by atoms with Crippen LogP contribution in [0.1, 0.15) is 27.5 Å². The van der Waals surface area contributed by atoms with Gasteiger partial charge < -0.3 is 15.4 Å². The van der Waals surface area contributed by atoms with E-state index in [1.807, 2.05) is 24.3 Å². The fourth-order valence-electron chi connectivity index (χ4n) is 3.79. The topological polar surface area (TPSA) is 111 Å². The zero-order valence-corrected chi connectivity index (χ0v) is 17.7. The molecule has 1 aromatic carbocycles. The summed E-state index contributed by atoms with van der Waals surface area (Å²) in [5, 5.41) is 12.8. The number of aromatic nitrogens is 1. The first kappa shape index (κ1) is 20.4. The Balaban J connectivity index is 1.56. The second kappa shape index (κ2) is 8.08. The van der Waals surface area contributed by atoms with Gasteiger partial charge in [-0.25, -0.2) is 13.1 Å². The molecule has 0 saturated carbocycles. The van der Waals surface area contributed by atoms with Crippen LogP contribution in [0.4, 0.5) is 0 Å². The Hall–Kier alpha value is -1.91. The molecule has 10 heteroatoms. The van der Waals surface area contributed by atoms with E-state index in [2.05, 4.69) is 15.0 Å². The van der Waals surface area contributed by atoms with Gasteiger partial charge in [0.1, 0.15) is 10.5 Å². The summed E-state index contributed by atoms with van der Waals surface area (Å²) in [7, 11) is -3.60. The van der Waals surface area contributed by atoms with E-state index in [-0.39, 0.29) is 36.8 Å². The minimum atomic E-state index is -3.60. The van der Waals surface area contributed by atoms with Crippen LogP contribution in [0.15, 0.2) is 36.4 Å². The molecule has 4 rings (SSSR count). The Bertz CT molecular complexity index is 1120. The van der Waals surface area contributed by atoms with Gasteiger partial charge in [0.2, 0.25) is 10.0 Å². The van der Waals surface area contributed by atoms with Gasteiger partial charge in [0.05, 0.1) is 16.7 Å². The van der Waals surface area contributed by atoms with Crippen LogP contribution in [0.25, 0.3) is 10.2 Å². The highest BCUT2D eigenvalue weighted by atomic mass is 35.5. The predicted molar refractivity (Wildman–Crippen MR) is 114 cm³/mol. The summed E-state index contributed by atoms with van der Waals surface area (Å²) < 4.78 is 27.9. The molecule has 0 aliphatic heterocycles. The van der Waals surface area contributed by atoms with Crippen molar-refractivity contribution < 1.29 is 18.3 Å². The number of fused-ring (bicyclic) bond motifs is 2. The van der Waals surface area contributed by atoms with E-state index >= 15 is 0 Å². The first-order valence-corrected chi connectivity index (χ1v) is 12.0. The number of hydrogen-bond donors (Lipinski definition) is 4. The number of carbonyl (C=O) groups is 1. The van der Waals surface area contributed by atoms with Gasteiger partial charge in [0.15, 0.2) is 0 Å². The monoisotopic (exact) mass is 453 g/mol. The van der Waals surface area contributed by atoms with Crippen LogP contribution in [0, 0.1) is 0 Å². The van der Waals surface area contributed by atoms with Crippen LogP contribution in [-0.2, 0) is 16.4 Å². The number of aliphatic hydroxyl groups excluding tert-OH is 1. The van der Waals surface area contributed by atoms with E-state index in [0.29, 0.717) is 16.5 Å². The SMILES string of the molecule is O=C(N[C@@H]1Cc2ccccc2[C@@H]1CS(=O)(=O)NCCO)c1cc2cc(Cl)sc2[nH]1. The molecule has 0 unspecified atom stereocenters. The summed E-state index contributed by atoms with van der Waals surface area (Å²) in [6, 6.07) is 10.8. The number of aliphatic hydroxyl groups is 1. The van der Waals surface area contributed by atoms with Gasteiger partial charge in [-0.2, -0.15) is 0 Å². The zero-order chi connectivity index (χ0) is 20.6. The second-order valence-electron chi connectivity index (χ2n) is 7.01. The number of sulfonamides is 1. The molecule has 0 radical (unpaired) electrons. The highest BCUT2D eigenvalue weighted by molar-refractivity contribution is 7.89. The number of hydrogen-bond acceptors (Lipinski definition) is 5. The summed E-state index contributed by atoms with van der Waals surface area (Å²) in [6.07, 6.45) is 0.559. The van der Waals surface area contributed by atoms with Crippen LogP contribution >= 0.6 is 22.9 Å². The largest absolute Gasteiger partial charge is 0.395 e. The van der Waals surface area contributed by atoms with Crippen molar-refractivity contribution in [2.45, 2.75) is 18.4 Å². The van der Waals surface area contributed by atoms with E-state index < -0.39 is 10.0 Å². The molecule has 0 bridgehead atoms. The molecule has 3 aromatic rings. The Kier molecular flexibility index (Phi) is 5.67. The number of amides is 1. The highest BCUT2D eigenvalue weighted by Gasteiger charge is 2.36. The lowest BCUT2D eigenvalue weighted by molar-refractivity contribution is 0.0930. The van der Waals surface area contributed by atoms with E-state index in [0.717, 1.165) is 21.3 Å². The predicted octanol–water partition coefficient (Wildman–Crippen LogP) is 2.23. The normalized spacial score (nSPS) is 18.8. The van der Waals surface area contributed by atoms with E-state index in [1.54, 1.807) is 12.1 Å². The summed E-state index contributed by atoms with van der Waals surface area (Å²) in [5.41, 5.74) is 2.37. The summed E-state index contributed by atoms with van der Waals surface area (Å²) in [5.74, 6) is -0.824. The summed E-state index contributed by atoms with van der Waals surface area (Å²) >= 11 is 7.34. The van der Waals surface area contributed by atoms with E-state index in [1.165, 1.54) is 11.3 Å². The Morgan fingerprint density at radius 1 is 1.31 bits per heavy atom. The minimum absolute atomic E-state index is 0.0322. The average molecular weight is 454 g/mol. The van der Waals surface area contributed by atoms with Crippen molar-refractivity contribution in [2.75, 3.05) is 18.9 Å². The highest BCUT2D eigenvalue weighted by Crippen LogP contribution is 2.35. The Morgan fingerprint density at radius 2 is 2.10 bits per heavy atom. The number of H-pyrrole nitrogens is 1. The number of carbonyl (C=O) groups excluding carboxylic acids is 1. The molecule has 2 atom stereocenters. The van der Waals surface area contributed by atoms with Gasteiger partial charge in [-0.3, -0.25) is 4.79 Å². The fraction of sp³-hybridized carbons (Fsp3) is 0.316. The second-order valence-corrected chi connectivity index (χ2v) is 10.5. The molecule has 7 nitrogen and oxygen atoms in total. The van der Waals surface area contributed by atoms with Crippen molar-refractivity contribution in [3.8, 4) is 0 Å². The quantitative estimate of drug-likeness (QED) is 0.439. The van der Waals surface area contributed by atoms with Crippen molar-refractivity contribution in [1.82, 2.24) is 15.0 Å². The third-order valence-electron chi connectivity index (χ3n) is 5.05. The van der Waals surface area contributed by atoms with Crippen molar-refractivity contribution in [3.05, 3.63) is 57.6 Å². The standard InChI is InChI=1S/C19H20ClN3O4S2/c20-17-9-12-8-16(23-19(12)28-17)18(25)22-15-7-11-3-1-2-4-13(11)14(15)10-29(26,27)21-5-6-24/h1-4,8-9,14-15,21,23-24H,5-7,10H2,(H,22,25)/t14-,15+/m0/s1. The maximum Gasteiger partial charge on any atom is 0.268 e. The summed E-state index contributed by atoms with van der Waals surface area (Å²) in [4.78, 5) is 16.7. The molecular weight excluding hydrogens is 434 g/mol. The van der Waals surface area contributed by atoms with Gasteiger partial charge in [-0.05, 0) is 29.7 Å². The molecule has 0 fully saturated rings. The van der Waals surface area contributed by atoms with Crippen molar-refractivity contribution in [2.24, 2.45) is 0 Å². The smallest absolute Gasteiger partial charge is 0.268 e. The van der Waals surface area contributed by atoms with Crippen molar-refractivity contribution in [1.29, 1.82) is 0 Å². The van der Waals surface area contributed by atoms with Crippen LogP contribution < -0.4 is 10.0 Å². The number of nitrogens with one attached hydrogen (secondary N) is 3. The Labute approximate surface area is 177 Å². The lowest BCUT2D eigenvalue weighted by Gasteiger charge is -2.22. The maximum atomic E-state index is 12.8. The van der Waals surface area contributed by atoms with Gasteiger partial charge in [-0.15, -0.1) is 11.3 Å². The number of rotatable bonds is 7. The molecule has 0 spiro atoms. The number of thiophene rings is 1. The summed E-state index contributed by atoms with van der Waals surface area (Å²) in [6.45, 7) is -0.301. The first-order chi connectivity index (χ1) is 13.9. The minimum Gasteiger partial charge on any atom is -0.395 e. The Morgan fingerprint density at radius 3 is 2.86 bits per heavy atom. The molecule has 2 heterocycles. The lowest BCUT2D eigenvalue weighted by Crippen LogP contribution is -2.42. The molecule has 29 heavy (non-hydrogen) atoms. The van der Waals surface area contributed by atoms with Crippen LogP contribution in [0.2, 0.25) is 4.34 Å². The molecule has 1 aliphatic rings. The average Bonchev–Trinajstić information content (AvgIpc) is 3.31. The van der Waals surface area contributed by atoms with Crippen molar-refractivity contribution in [3.63, 3.8) is 0 Å². The number of benzene rings is 1. The zero-order valence-electron chi connectivity index (χ0n) is 15.3. The molecule has 4 N–H and O–H groups in total. The molecule has 1 aliphatic carbocycles. The van der Waals surface area contributed by atoms with Crippen molar-refractivity contribution >= 4 is 49.1 Å². The number of halogens is 1. The number of aromatic amines is 1.